The maximum atomic E-state index is 12.5. The fourth-order valence-electron chi connectivity index (χ4n) is 2.96. The molecule has 0 saturated heterocycles. The first-order chi connectivity index (χ1) is 13.3. The molecular weight excluding hydrogens is 342 g/mol. The third-order valence-electron chi connectivity index (χ3n) is 4.30. The molecule has 0 aliphatic heterocycles. The van der Waals surface area contributed by atoms with Crippen LogP contribution in [0, 0.1) is 0 Å². The highest BCUT2D eigenvalue weighted by Gasteiger charge is 2.12. The molecule has 0 spiro atoms. The molecule has 0 aliphatic rings. The van der Waals surface area contributed by atoms with E-state index in [0.717, 1.165) is 16.5 Å². The Hall–Kier alpha value is -3.93. The molecule has 27 heavy (non-hydrogen) atoms. The number of hydrogen-bond acceptors (Lipinski definition) is 5. The minimum atomic E-state index is -0.505. The van der Waals surface area contributed by atoms with Crippen LogP contribution in [-0.2, 0) is 0 Å². The number of hydrogen-bond donors (Lipinski definition) is 0. The van der Waals surface area contributed by atoms with Crippen molar-refractivity contribution in [3.05, 3.63) is 89.6 Å². The van der Waals surface area contributed by atoms with Crippen molar-refractivity contribution in [3.8, 4) is 28.3 Å². The van der Waals surface area contributed by atoms with Crippen molar-refractivity contribution in [1.29, 1.82) is 0 Å². The monoisotopic (exact) mass is 355 g/mol. The topological polar surface area (TPSA) is 74.1 Å². The Kier molecular flexibility index (Phi) is 3.47. The molecule has 6 heteroatoms. The van der Waals surface area contributed by atoms with E-state index in [9.17, 15) is 4.79 Å². The van der Waals surface area contributed by atoms with Gasteiger partial charge in [0, 0.05) is 16.5 Å². The molecule has 5 rings (SSSR count). The molecule has 0 aliphatic carbocycles. The molecule has 130 valence electrons. The molecule has 0 bridgehead atoms. The molecular formula is C21H13N3O3. The summed E-state index contributed by atoms with van der Waals surface area (Å²) in [7, 11) is 0. The van der Waals surface area contributed by atoms with Gasteiger partial charge in [-0.1, -0.05) is 42.5 Å². The number of fused-ring (bicyclic) bond motifs is 1. The van der Waals surface area contributed by atoms with Crippen LogP contribution in [0.25, 0.3) is 39.2 Å². The highest BCUT2D eigenvalue weighted by molar-refractivity contribution is 5.82. The summed E-state index contributed by atoms with van der Waals surface area (Å²) in [4.78, 5) is 13.8. The van der Waals surface area contributed by atoms with Gasteiger partial charge in [-0.05, 0) is 24.3 Å². The summed E-state index contributed by atoms with van der Waals surface area (Å²) in [6.45, 7) is 0. The quantitative estimate of drug-likeness (QED) is 0.451. The number of benzene rings is 2. The molecule has 6 nitrogen and oxygen atoms in total. The lowest BCUT2D eigenvalue weighted by Gasteiger charge is -2.03. The fourth-order valence-corrected chi connectivity index (χ4v) is 2.96. The highest BCUT2D eigenvalue weighted by atomic mass is 16.4. The molecule has 0 atom stereocenters. The van der Waals surface area contributed by atoms with Crippen LogP contribution in [0.4, 0.5) is 0 Å². The smallest absolute Gasteiger partial charge is 0.364 e. The van der Waals surface area contributed by atoms with Crippen LogP contribution < -0.4 is 5.63 Å². The van der Waals surface area contributed by atoms with E-state index in [1.807, 2.05) is 54.6 Å². The predicted molar refractivity (Wildman–Crippen MR) is 101 cm³/mol. The number of nitrogens with zero attached hydrogens (tertiary/aromatic N) is 3. The zero-order valence-corrected chi connectivity index (χ0v) is 14.1. The van der Waals surface area contributed by atoms with E-state index in [2.05, 4.69) is 10.2 Å². The van der Waals surface area contributed by atoms with Crippen molar-refractivity contribution < 1.29 is 8.83 Å². The summed E-state index contributed by atoms with van der Waals surface area (Å²) >= 11 is 0. The van der Waals surface area contributed by atoms with Crippen molar-refractivity contribution in [2.45, 2.75) is 0 Å². The van der Waals surface area contributed by atoms with Crippen LogP contribution in [0.2, 0.25) is 0 Å². The lowest BCUT2D eigenvalue weighted by Crippen LogP contribution is -2.12. The van der Waals surface area contributed by atoms with E-state index in [-0.39, 0.29) is 5.69 Å². The molecule has 3 aromatic heterocycles. The summed E-state index contributed by atoms with van der Waals surface area (Å²) in [5.41, 5.74) is 2.69. The summed E-state index contributed by atoms with van der Waals surface area (Å²) in [6, 6.07) is 20.6. The molecule has 0 unspecified atom stereocenters. The Morgan fingerprint density at radius 2 is 1.78 bits per heavy atom. The largest absolute Gasteiger partial charge is 0.464 e. The summed E-state index contributed by atoms with van der Waals surface area (Å²) in [5.74, 6) is 0.713. The van der Waals surface area contributed by atoms with E-state index >= 15 is 0 Å². The third-order valence-corrected chi connectivity index (χ3v) is 4.30. The van der Waals surface area contributed by atoms with Crippen LogP contribution >= 0.6 is 0 Å². The molecule has 0 fully saturated rings. The van der Waals surface area contributed by atoms with Crippen molar-refractivity contribution >= 4 is 11.0 Å². The zero-order valence-electron chi connectivity index (χ0n) is 14.1. The molecule has 0 saturated carbocycles. The molecule has 0 N–H and O–H groups in total. The molecule has 5 aromatic rings. The Bertz CT molecular complexity index is 1290. The standard InChI is InChI=1S/C21H13N3O3/c25-21-18(24-22-13-17(23-24)14-5-2-1-3-6-14)11-15-8-9-16(12-20(15)27-21)19-7-4-10-26-19/h1-13H. The highest BCUT2D eigenvalue weighted by Crippen LogP contribution is 2.25. The molecule has 3 heterocycles. The second kappa shape index (κ2) is 6.10. The van der Waals surface area contributed by atoms with Crippen molar-refractivity contribution in [3.63, 3.8) is 0 Å². The first-order valence-corrected chi connectivity index (χ1v) is 8.38. The van der Waals surface area contributed by atoms with Gasteiger partial charge in [-0.15, -0.1) is 9.90 Å². The number of furan rings is 1. The van der Waals surface area contributed by atoms with Crippen molar-refractivity contribution in [1.82, 2.24) is 15.0 Å². The van der Waals surface area contributed by atoms with E-state index in [1.165, 1.54) is 4.80 Å². The van der Waals surface area contributed by atoms with Crippen LogP contribution in [0.1, 0.15) is 0 Å². The van der Waals surface area contributed by atoms with Gasteiger partial charge in [0.15, 0.2) is 5.69 Å². The average molecular weight is 355 g/mol. The van der Waals surface area contributed by atoms with Gasteiger partial charge >= 0.3 is 5.63 Å². The molecule has 0 amide bonds. The second-order valence-corrected chi connectivity index (χ2v) is 6.03. The van der Waals surface area contributed by atoms with Gasteiger partial charge in [0.1, 0.15) is 17.0 Å². The van der Waals surface area contributed by atoms with E-state index in [1.54, 1.807) is 24.6 Å². The lowest BCUT2D eigenvalue weighted by molar-refractivity contribution is 0.545. The zero-order chi connectivity index (χ0) is 18.2. The minimum absolute atomic E-state index is 0.260. The first kappa shape index (κ1) is 15.3. The maximum absolute atomic E-state index is 12.5. The van der Waals surface area contributed by atoms with E-state index in [0.29, 0.717) is 17.0 Å². The van der Waals surface area contributed by atoms with Crippen LogP contribution in [-0.4, -0.2) is 15.0 Å². The Balaban J connectivity index is 1.58. The normalized spacial score (nSPS) is 11.1. The van der Waals surface area contributed by atoms with E-state index in [4.69, 9.17) is 8.83 Å². The van der Waals surface area contributed by atoms with Gasteiger partial charge in [-0.3, -0.25) is 0 Å². The van der Waals surface area contributed by atoms with E-state index < -0.39 is 5.63 Å². The third kappa shape index (κ3) is 2.73. The Morgan fingerprint density at radius 3 is 2.59 bits per heavy atom. The number of aromatic nitrogens is 3. The van der Waals surface area contributed by atoms with Crippen LogP contribution in [0.15, 0.2) is 92.8 Å². The summed E-state index contributed by atoms with van der Waals surface area (Å²) in [6.07, 6.45) is 3.23. The first-order valence-electron chi connectivity index (χ1n) is 8.38. The van der Waals surface area contributed by atoms with Crippen LogP contribution in [0.5, 0.6) is 0 Å². The summed E-state index contributed by atoms with van der Waals surface area (Å²) in [5, 5.41) is 9.40. The fraction of sp³-hybridized carbons (Fsp3) is 0. The van der Waals surface area contributed by atoms with Gasteiger partial charge in [0.05, 0.1) is 12.5 Å². The second-order valence-electron chi connectivity index (χ2n) is 6.03. The van der Waals surface area contributed by atoms with Gasteiger partial charge in [0.25, 0.3) is 0 Å². The van der Waals surface area contributed by atoms with Gasteiger partial charge in [-0.2, -0.15) is 5.10 Å². The molecule has 0 radical (unpaired) electrons. The van der Waals surface area contributed by atoms with Crippen molar-refractivity contribution in [2.75, 3.05) is 0 Å². The Morgan fingerprint density at radius 1 is 0.889 bits per heavy atom. The summed E-state index contributed by atoms with van der Waals surface area (Å²) < 4.78 is 10.9. The Labute approximate surface area is 153 Å². The van der Waals surface area contributed by atoms with Crippen LogP contribution in [0.3, 0.4) is 0 Å². The SMILES string of the molecule is O=c1oc2cc(-c3ccco3)ccc2cc1-n1ncc(-c2ccccc2)n1. The van der Waals surface area contributed by atoms with Gasteiger partial charge in [0.2, 0.25) is 0 Å². The minimum Gasteiger partial charge on any atom is -0.464 e. The maximum Gasteiger partial charge on any atom is 0.364 e. The predicted octanol–water partition coefficient (Wildman–Crippen LogP) is 4.30. The van der Waals surface area contributed by atoms with Crippen molar-refractivity contribution in [2.24, 2.45) is 0 Å². The molecule has 2 aromatic carbocycles. The number of rotatable bonds is 3. The van der Waals surface area contributed by atoms with Gasteiger partial charge < -0.3 is 8.83 Å². The van der Waals surface area contributed by atoms with Gasteiger partial charge in [-0.25, -0.2) is 4.79 Å². The average Bonchev–Trinajstić information content (AvgIpc) is 3.40. The lowest BCUT2D eigenvalue weighted by atomic mass is 10.1.